The molecule has 0 fully saturated rings. The van der Waals surface area contributed by atoms with Crippen LogP contribution in [0.5, 0.6) is 0 Å². The van der Waals surface area contributed by atoms with Gasteiger partial charge in [-0.1, -0.05) is 6.58 Å². The molecule has 0 rings (SSSR count). The Labute approximate surface area is 180 Å². The van der Waals surface area contributed by atoms with E-state index in [4.69, 9.17) is 27.7 Å². The van der Waals surface area contributed by atoms with Gasteiger partial charge in [-0.05, 0) is 0 Å². The maximum atomic E-state index is 9.87. The Morgan fingerprint density at radius 3 is 1.41 bits per heavy atom. The van der Waals surface area contributed by atoms with Crippen molar-refractivity contribution in [2.45, 2.75) is 81.2 Å². The Bertz CT molecular complexity index is 473. The first kappa shape index (κ1) is 31.3. The van der Waals surface area contributed by atoms with Crippen LogP contribution in [0.3, 0.4) is 0 Å². The van der Waals surface area contributed by atoms with E-state index < -0.39 is 28.8 Å². The molecule has 0 saturated heterocycles. The maximum absolute atomic E-state index is 9.87. The molecule has 27 heavy (non-hydrogen) atoms. The number of carboxylic acid groups (broad SMARTS) is 2. The molecule has 0 saturated carbocycles. The van der Waals surface area contributed by atoms with Crippen LogP contribution in [0.4, 0.5) is 0 Å². The third-order valence-electron chi connectivity index (χ3n) is 3.37. The summed E-state index contributed by atoms with van der Waals surface area (Å²) in [6.07, 6.45) is 14.2. The van der Waals surface area contributed by atoms with E-state index in [0.29, 0.717) is 0 Å². The van der Waals surface area contributed by atoms with Crippen LogP contribution in [-0.4, -0.2) is 67.6 Å². The van der Waals surface area contributed by atoms with Gasteiger partial charge in [-0.25, -0.2) is 4.79 Å². The topological polar surface area (TPSA) is 149 Å². The van der Waals surface area contributed by atoms with Gasteiger partial charge in [0.1, 0.15) is 0 Å². The van der Waals surface area contributed by atoms with Crippen molar-refractivity contribution in [3.05, 3.63) is 12.2 Å². The van der Waals surface area contributed by atoms with Gasteiger partial charge in [0, 0.05) is 5.57 Å². The van der Waals surface area contributed by atoms with Gasteiger partial charge in [0.2, 0.25) is 0 Å². The van der Waals surface area contributed by atoms with Crippen LogP contribution in [0, 0.1) is 0 Å². The van der Waals surface area contributed by atoms with E-state index in [0.717, 1.165) is 0 Å². The Balaban J connectivity index is -0.000000356. The molecule has 0 spiro atoms. The summed E-state index contributed by atoms with van der Waals surface area (Å²) < 4.78 is 33.1. The Morgan fingerprint density at radius 1 is 0.852 bits per heavy atom. The third-order valence-corrected chi connectivity index (χ3v) is 4.08. The molecule has 0 aromatic carbocycles. The molecule has 156 valence electrons. The van der Waals surface area contributed by atoms with Gasteiger partial charge in [0.25, 0.3) is 0 Å². The van der Waals surface area contributed by atoms with Crippen LogP contribution in [0.2, 0.25) is 3.67 Å². The average molecular weight is 421 g/mol. The molecule has 0 unspecified atom stereocenters. The summed E-state index contributed by atoms with van der Waals surface area (Å²) in [6.45, 7) is 5.30. The maximum Gasteiger partial charge on any atom is 0.394 e. The monoisotopic (exact) mass is 420 g/mol. The van der Waals surface area contributed by atoms with Crippen LogP contribution >= 0.6 is 0 Å². The van der Waals surface area contributed by atoms with Crippen molar-refractivity contribution in [3.63, 3.8) is 0 Å². The van der Waals surface area contributed by atoms with Gasteiger partial charge in [-0.3, -0.25) is 13.9 Å². The number of carboxylic acids is 2. The van der Waals surface area contributed by atoms with Crippen LogP contribution in [0.25, 0.3) is 0 Å². The van der Waals surface area contributed by atoms with E-state index in [1.165, 1.54) is 95.8 Å². The zero-order valence-electron chi connectivity index (χ0n) is 16.5. The molecule has 0 aliphatic carbocycles. The second kappa shape index (κ2) is 21.8. The van der Waals surface area contributed by atoms with Crippen LogP contribution in [-0.2, 0) is 20.0 Å². The van der Waals surface area contributed by atoms with Crippen molar-refractivity contribution in [2.24, 2.45) is 0 Å². The molecule has 0 aliphatic heterocycles. The third kappa shape index (κ3) is 46.0. The molecule has 0 bridgehead atoms. The summed E-state index contributed by atoms with van der Waals surface area (Å²) in [5.74, 6) is -2.44. The molecule has 0 radical (unpaired) electrons. The first-order chi connectivity index (χ1) is 12.5. The van der Waals surface area contributed by atoms with Gasteiger partial charge >= 0.3 is 125 Å². The summed E-state index contributed by atoms with van der Waals surface area (Å²) >= 11 is 1.41. The van der Waals surface area contributed by atoms with Crippen molar-refractivity contribution in [1.82, 2.24) is 0 Å². The molecular weight excluding hydrogens is 387 g/mol. The molecule has 0 aliphatic rings. The summed E-state index contributed by atoms with van der Waals surface area (Å²) in [5.41, 5.74) is -0.303. The van der Waals surface area contributed by atoms with Gasteiger partial charge < -0.3 is 10.2 Å². The predicted molar refractivity (Wildman–Crippen MR) is 106 cm³/mol. The number of unbranched alkanes of at least 4 members (excludes halogenated alkanes) is 9. The van der Waals surface area contributed by atoms with Gasteiger partial charge in [-0.15, -0.1) is 0 Å². The molecule has 0 atom stereocenters. The standard InChI is InChI=1S/C12H25.C5H6O4.Na.H2O4S/c1-3-5-7-9-11-12-10-8-6-4-2;1-3(5(8)9)2-4(6)7;;1-5(2,3)4/h1,3-12H2,2H3;1-2H2,(H,6,7)(H,8,9);;(H2,1,2,3,4). The van der Waals surface area contributed by atoms with E-state index in [1.54, 1.807) is 0 Å². The van der Waals surface area contributed by atoms with E-state index in [9.17, 15) is 9.59 Å². The SMILES string of the molecule is C=C(CC(=O)O)C(=O)O.CCCCCCCCCCC[CH2][Na].O=S(=O)(O)O. The molecule has 0 aromatic heterocycles. The molecule has 10 heteroatoms. The summed E-state index contributed by atoms with van der Waals surface area (Å²) in [5, 5.41) is 16.1. The largest absolute Gasteiger partial charge is 0.394 e. The number of carbonyl (C=O) groups is 2. The Morgan fingerprint density at radius 2 is 1.19 bits per heavy atom. The fraction of sp³-hybridized carbons (Fsp3) is 0.765. The molecular formula is C17H33NaO8S. The normalized spacial score (nSPS) is 10.1. The predicted octanol–water partition coefficient (Wildman–Crippen LogP) is 3.94. The van der Waals surface area contributed by atoms with Crippen molar-refractivity contribution in [1.29, 1.82) is 0 Å². The molecule has 4 N–H and O–H groups in total. The van der Waals surface area contributed by atoms with E-state index in [-0.39, 0.29) is 5.57 Å². The number of aliphatic carboxylic acids is 2. The van der Waals surface area contributed by atoms with Crippen molar-refractivity contribution in [3.8, 4) is 0 Å². The van der Waals surface area contributed by atoms with Crippen molar-refractivity contribution >= 4 is 50.3 Å². The first-order valence-electron chi connectivity index (χ1n) is 9.28. The summed E-state index contributed by atoms with van der Waals surface area (Å²) in [6, 6.07) is 0. The van der Waals surface area contributed by atoms with E-state index >= 15 is 0 Å². The first-order valence-corrected chi connectivity index (χ1v) is 12.1. The second-order valence-electron chi connectivity index (χ2n) is 6.11. The van der Waals surface area contributed by atoms with Gasteiger partial charge in [0.15, 0.2) is 0 Å². The molecule has 0 heterocycles. The Kier molecular flexibility index (Phi) is 25.3. The second-order valence-corrected chi connectivity index (χ2v) is 8.00. The molecule has 0 aromatic rings. The molecule has 0 amide bonds. The van der Waals surface area contributed by atoms with Gasteiger partial charge in [-0.2, -0.15) is 8.42 Å². The summed E-state index contributed by atoms with van der Waals surface area (Å²) in [4.78, 5) is 19.7. The van der Waals surface area contributed by atoms with Crippen molar-refractivity contribution in [2.75, 3.05) is 0 Å². The minimum absolute atomic E-state index is 0.303. The minimum atomic E-state index is -4.67. The minimum Gasteiger partial charge on any atom is -0.264 e. The number of rotatable bonds is 13. The average Bonchev–Trinajstić information content (AvgIpc) is 2.52. The van der Waals surface area contributed by atoms with Crippen LogP contribution < -0.4 is 0 Å². The quantitative estimate of drug-likeness (QED) is 0.151. The Hall–Kier alpha value is -0.450. The summed E-state index contributed by atoms with van der Waals surface area (Å²) in [7, 11) is -4.67. The fourth-order valence-electron chi connectivity index (χ4n) is 2.00. The van der Waals surface area contributed by atoms with Crippen LogP contribution in [0.1, 0.15) is 77.6 Å². The van der Waals surface area contributed by atoms with E-state index in [2.05, 4.69) is 13.5 Å². The number of hydrogen-bond acceptors (Lipinski definition) is 4. The van der Waals surface area contributed by atoms with Gasteiger partial charge in [0.05, 0.1) is 6.42 Å². The molecule has 8 nitrogen and oxygen atoms in total. The van der Waals surface area contributed by atoms with E-state index in [1.807, 2.05) is 0 Å². The number of hydrogen-bond donors (Lipinski definition) is 4. The fourth-order valence-corrected chi connectivity index (χ4v) is 2.50. The van der Waals surface area contributed by atoms with Crippen LogP contribution in [0.15, 0.2) is 12.2 Å². The zero-order chi connectivity index (χ0) is 21.7. The van der Waals surface area contributed by atoms with Crippen molar-refractivity contribution < 1.29 is 37.3 Å². The smallest absolute Gasteiger partial charge is 0.264 e. The zero-order valence-corrected chi connectivity index (χ0v) is 19.3.